The highest BCUT2D eigenvalue weighted by molar-refractivity contribution is 5.87. The monoisotopic (exact) mass is 253 g/mol. The third-order valence-corrected chi connectivity index (χ3v) is 3.22. The summed E-state index contributed by atoms with van der Waals surface area (Å²) in [5, 5.41) is 8.74. The molecule has 1 atom stereocenters. The zero-order chi connectivity index (χ0) is 13.1. The highest BCUT2D eigenvalue weighted by Crippen LogP contribution is 2.16. The number of aromatic carboxylic acids is 1. The molecule has 1 saturated heterocycles. The van der Waals surface area contributed by atoms with E-state index in [1.54, 1.807) is 6.07 Å². The zero-order valence-electron chi connectivity index (χ0n) is 10.2. The number of ether oxygens (including phenoxy) is 1. The van der Waals surface area contributed by atoms with Gasteiger partial charge in [-0.15, -0.1) is 0 Å². The second kappa shape index (κ2) is 5.46. The molecule has 0 spiro atoms. The maximum Gasteiger partial charge on any atom is 0.338 e. The Balaban J connectivity index is 2.05. The standard InChI is InChI=1S/C13H16FNO3/c1-15(10-4-5-18-8-10)7-9-2-3-11(13(16)17)12(14)6-9/h2-3,6,10H,4-5,7-8H2,1H3,(H,16,17). The molecule has 1 heterocycles. The summed E-state index contributed by atoms with van der Waals surface area (Å²) in [5.74, 6) is -1.92. The smallest absolute Gasteiger partial charge is 0.338 e. The largest absolute Gasteiger partial charge is 0.478 e. The van der Waals surface area contributed by atoms with Crippen LogP contribution in [-0.4, -0.2) is 42.3 Å². The third-order valence-electron chi connectivity index (χ3n) is 3.22. The summed E-state index contributed by atoms with van der Waals surface area (Å²) >= 11 is 0. The highest BCUT2D eigenvalue weighted by atomic mass is 19.1. The molecule has 0 bridgehead atoms. The van der Waals surface area contributed by atoms with Gasteiger partial charge in [0.25, 0.3) is 0 Å². The minimum atomic E-state index is -1.24. The topological polar surface area (TPSA) is 49.8 Å². The Kier molecular flexibility index (Phi) is 3.93. The SMILES string of the molecule is CN(Cc1ccc(C(=O)O)c(F)c1)C1CCOC1. The average Bonchev–Trinajstić information content (AvgIpc) is 2.81. The lowest BCUT2D eigenvalue weighted by molar-refractivity contribution is 0.0692. The Labute approximate surface area is 105 Å². The second-order valence-corrected chi connectivity index (χ2v) is 4.55. The molecule has 1 fully saturated rings. The van der Waals surface area contributed by atoms with Crippen molar-refractivity contribution in [1.29, 1.82) is 0 Å². The molecule has 0 radical (unpaired) electrons. The Morgan fingerprint density at radius 2 is 2.39 bits per heavy atom. The minimum Gasteiger partial charge on any atom is -0.478 e. The summed E-state index contributed by atoms with van der Waals surface area (Å²) in [6.07, 6.45) is 0.978. The average molecular weight is 253 g/mol. The van der Waals surface area contributed by atoms with Crippen LogP contribution in [0.15, 0.2) is 18.2 Å². The molecular weight excluding hydrogens is 237 g/mol. The maximum absolute atomic E-state index is 13.5. The molecule has 1 aliphatic heterocycles. The van der Waals surface area contributed by atoms with Gasteiger partial charge < -0.3 is 9.84 Å². The number of halogens is 1. The van der Waals surface area contributed by atoms with Crippen LogP contribution in [0.4, 0.5) is 4.39 Å². The van der Waals surface area contributed by atoms with Crippen LogP contribution in [0.2, 0.25) is 0 Å². The van der Waals surface area contributed by atoms with Crippen LogP contribution in [0.5, 0.6) is 0 Å². The summed E-state index contributed by atoms with van der Waals surface area (Å²) in [6, 6.07) is 4.60. The first-order valence-corrected chi connectivity index (χ1v) is 5.87. The number of hydrogen-bond acceptors (Lipinski definition) is 3. The lowest BCUT2D eigenvalue weighted by Crippen LogP contribution is -2.31. The van der Waals surface area contributed by atoms with Crippen molar-refractivity contribution in [3.63, 3.8) is 0 Å². The first kappa shape index (κ1) is 13.0. The predicted molar refractivity (Wildman–Crippen MR) is 64.1 cm³/mol. The van der Waals surface area contributed by atoms with Gasteiger partial charge in [0.1, 0.15) is 5.82 Å². The van der Waals surface area contributed by atoms with Gasteiger partial charge in [0.05, 0.1) is 12.2 Å². The van der Waals surface area contributed by atoms with E-state index in [1.165, 1.54) is 12.1 Å². The van der Waals surface area contributed by atoms with Crippen molar-refractivity contribution < 1.29 is 19.0 Å². The van der Waals surface area contributed by atoms with Gasteiger partial charge in [-0.25, -0.2) is 9.18 Å². The number of benzene rings is 1. The Morgan fingerprint density at radius 3 is 2.94 bits per heavy atom. The molecule has 4 nitrogen and oxygen atoms in total. The van der Waals surface area contributed by atoms with E-state index < -0.39 is 11.8 Å². The Bertz CT molecular complexity index is 444. The molecule has 1 unspecified atom stereocenters. The summed E-state index contributed by atoms with van der Waals surface area (Å²) in [4.78, 5) is 12.8. The molecule has 1 aliphatic rings. The summed E-state index contributed by atoms with van der Waals surface area (Å²) < 4.78 is 18.8. The Morgan fingerprint density at radius 1 is 1.61 bits per heavy atom. The van der Waals surface area contributed by atoms with E-state index in [-0.39, 0.29) is 5.56 Å². The van der Waals surface area contributed by atoms with Crippen molar-refractivity contribution in [1.82, 2.24) is 4.90 Å². The first-order valence-electron chi connectivity index (χ1n) is 5.87. The number of likely N-dealkylation sites (N-methyl/N-ethyl adjacent to an activating group) is 1. The van der Waals surface area contributed by atoms with E-state index >= 15 is 0 Å². The number of carboxylic acids is 1. The molecule has 2 rings (SSSR count). The predicted octanol–water partition coefficient (Wildman–Crippen LogP) is 1.74. The highest BCUT2D eigenvalue weighted by Gasteiger charge is 2.20. The van der Waals surface area contributed by atoms with Gasteiger partial charge in [0.15, 0.2) is 0 Å². The van der Waals surface area contributed by atoms with Gasteiger partial charge in [-0.3, -0.25) is 4.90 Å². The van der Waals surface area contributed by atoms with Crippen LogP contribution in [0.25, 0.3) is 0 Å². The van der Waals surface area contributed by atoms with Crippen LogP contribution >= 0.6 is 0 Å². The molecule has 0 aromatic heterocycles. The van der Waals surface area contributed by atoms with E-state index in [1.807, 2.05) is 7.05 Å². The van der Waals surface area contributed by atoms with Crippen molar-refractivity contribution in [2.24, 2.45) is 0 Å². The number of carbonyl (C=O) groups is 1. The van der Waals surface area contributed by atoms with Crippen LogP contribution in [-0.2, 0) is 11.3 Å². The minimum absolute atomic E-state index is 0.286. The molecule has 0 saturated carbocycles. The lowest BCUT2D eigenvalue weighted by Gasteiger charge is -2.22. The van der Waals surface area contributed by atoms with Gasteiger partial charge in [-0.05, 0) is 31.2 Å². The molecule has 0 amide bonds. The van der Waals surface area contributed by atoms with E-state index in [2.05, 4.69) is 4.90 Å². The fourth-order valence-electron chi connectivity index (χ4n) is 2.12. The summed E-state index contributed by atoms with van der Waals surface area (Å²) in [5.41, 5.74) is 0.484. The summed E-state index contributed by atoms with van der Waals surface area (Å²) in [6.45, 7) is 2.05. The van der Waals surface area contributed by atoms with Crippen molar-refractivity contribution in [2.75, 3.05) is 20.3 Å². The van der Waals surface area contributed by atoms with E-state index in [9.17, 15) is 9.18 Å². The van der Waals surface area contributed by atoms with Crippen LogP contribution in [0, 0.1) is 5.82 Å². The summed E-state index contributed by atoms with van der Waals surface area (Å²) in [7, 11) is 1.96. The number of hydrogen-bond donors (Lipinski definition) is 1. The lowest BCUT2D eigenvalue weighted by atomic mass is 10.1. The molecule has 5 heteroatoms. The van der Waals surface area contributed by atoms with Gasteiger partial charge in [0, 0.05) is 19.2 Å². The van der Waals surface area contributed by atoms with Crippen LogP contribution in [0.1, 0.15) is 22.3 Å². The van der Waals surface area contributed by atoms with Gasteiger partial charge >= 0.3 is 5.97 Å². The van der Waals surface area contributed by atoms with E-state index in [0.717, 1.165) is 18.6 Å². The fraction of sp³-hybridized carbons (Fsp3) is 0.462. The van der Waals surface area contributed by atoms with Crippen molar-refractivity contribution >= 4 is 5.97 Å². The first-order chi connectivity index (χ1) is 8.58. The second-order valence-electron chi connectivity index (χ2n) is 4.55. The zero-order valence-corrected chi connectivity index (χ0v) is 10.2. The molecule has 1 aromatic carbocycles. The van der Waals surface area contributed by atoms with Gasteiger partial charge in [0.2, 0.25) is 0 Å². The van der Waals surface area contributed by atoms with Gasteiger partial charge in [-0.1, -0.05) is 6.07 Å². The normalized spacial score (nSPS) is 19.4. The maximum atomic E-state index is 13.5. The number of nitrogens with zero attached hydrogens (tertiary/aromatic N) is 1. The van der Waals surface area contributed by atoms with Crippen LogP contribution in [0.3, 0.4) is 0 Å². The molecule has 1 N–H and O–H groups in total. The van der Waals surface area contributed by atoms with E-state index in [0.29, 0.717) is 19.2 Å². The van der Waals surface area contributed by atoms with Crippen molar-refractivity contribution in [2.45, 2.75) is 19.0 Å². The molecule has 1 aromatic rings. The van der Waals surface area contributed by atoms with Crippen molar-refractivity contribution in [3.8, 4) is 0 Å². The third kappa shape index (κ3) is 2.86. The van der Waals surface area contributed by atoms with Gasteiger partial charge in [-0.2, -0.15) is 0 Å². The quantitative estimate of drug-likeness (QED) is 0.888. The van der Waals surface area contributed by atoms with E-state index in [4.69, 9.17) is 9.84 Å². The van der Waals surface area contributed by atoms with Crippen LogP contribution < -0.4 is 0 Å². The number of carboxylic acid groups (broad SMARTS) is 1. The Hall–Kier alpha value is -1.46. The number of rotatable bonds is 4. The molecule has 0 aliphatic carbocycles. The molecular formula is C13H16FNO3. The fourth-order valence-corrected chi connectivity index (χ4v) is 2.12. The van der Waals surface area contributed by atoms with Crippen molar-refractivity contribution in [3.05, 3.63) is 35.1 Å². The molecule has 98 valence electrons. The molecule has 18 heavy (non-hydrogen) atoms.